The Morgan fingerprint density at radius 2 is 2.44 bits per heavy atom. The molecule has 1 aromatic heterocycles. The normalized spacial score (nSPS) is 29.3. The SMILES string of the molecule is NC1CCn2c(cnc2CC2CCCS2)C1. The zero-order chi connectivity index (χ0) is 11.0. The molecule has 2 aliphatic rings. The molecule has 0 saturated carbocycles. The van der Waals surface area contributed by atoms with E-state index in [-0.39, 0.29) is 0 Å². The fourth-order valence-corrected chi connectivity index (χ4v) is 3.99. The highest BCUT2D eigenvalue weighted by atomic mass is 32.2. The van der Waals surface area contributed by atoms with Gasteiger partial charge in [0, 0.05) is 42.6 Å². The summed E-state index contributed by atoms with van der Waals surface area (Å²) in [7, 11) is 0. The molecule has 16 heavy (non-hydrogen) atoms. The van der Waals surface area contributed by atoms with Gasteiger partial charge in [-0.25, -0.2) is 4.98 Å². The second-order valence-electron chi connectivity index (χ2n) is 4.91. The van der Waals surface area contributed by atoms with Crippen molar-refractivity contribution in [2.75, 3.05) is 5.75 Å². The Bertz CT molecular complexity index is 368. The molecule has 4 heteroatoms. The van der Waals surface area contributed by atoms with Crippen LogP contribution in [0.1, 0.15) is 30.8 Å². The lowest BCUT2D eigenvalue weighted by Gasteiger charge is -2.22. The highest BCUT2D eigenvalue weighted by molar-refractivity contribution is 8.00. The molecule has 88 valence electrons. The van der Waals surface area contributed by atoms with Crippen LogP contribution in [0.4, 0.5) is 0 Å². The standard InChI is InChI=1S/C12H19N3S/c13-9-3-4-15-10(6-9)8-14-12(15)7-11-2-1-5-16-11/h8-9,11H,1-7,13H2. The predicted molar refractivity (Wildman–Crippen MR) is 67.7 cm³/mol. The van der Waals surface area contributed by atoms with Gasteiger partial charge in [0.1, 0.15) is 5.82 Å². The Morgan fingerprint density at radius 1 is 1.50 bits per heavy atom. The molecular weight excluding hydrogens is 218 g/mol. The zero-order valence-corrected chi connectivity index (χ0v) is 10.4. The number of aromatic nitrogens is 2. The number of rotatable bonds is 2. The van der Waals surface area contributed by atoms with Crippen molar-refractivity contribution in [3.8, 4) is 0 Å². The van der Waals surface area contributed by atoms with Crippen LogP contribution >= 0.6 is 11.8 Å². The molecule has 0 bridgehead atoms. The molecule has 2 N–H and O–H groups in total. The summed E-state index contributed by atoms with van der Waals surface area (Å²) in [5.74, 6) is 2.63. The molecule has 0 aliphatic carbocycles. The number of hydrogen-bond donors (Lipinski definition) is 1. The molecule has 2 unspecified atom stereocenters. The summed E-state index contributed by atoms with van der Waals surface area (Å²) in [6.07, 6.45) is 8.05. The fourth-order valence-electron chi connectivity index (χ4n) is 2.73. The molecular formula is C12H19N3S. The van der Waals surface area contributed by atoms with Crippen molar-refractivity contribution in [3.05, 3.63) is 17.7 Å². The number of imidazole rings is 1. The first kappa shape index (κ1) is 10.7. The minimum absolute atomic E-state index is 0.345. The van der Waals surface area contributed by atoms with Gasteiger partial charge in [-0.05, 0) is 25.0 Å². The van der Waals surface area contributed by atoms with Crippen LogP contribution < -0.4 is 5.73 Å². The van der Waals surface area contributed by atoms with E-state index in [4.69, 9.17) is 5.73 Å². The molecule has 3 heterocycles. The third-order valence-corrected chi connectivity index (χ3v) is 5.05. The molecule has 2 atom stereocenters. The smallest absolute Gasteiger partial charge is 0.109 e. The van der Waals surface area contributed by atoms with Gasteiger partial charge < -0.3 is 10.3 Å². The van der Waals surface area contributed by atoms with Gasteiger partial charge in [-0.3, -0.25) is 0 Å². The average Bonchev–Trinajstić information content (AvgIpc) is 2.89. The quantitative estimate of drug-likeness (QED) is 0.849. The lowest BCUT2D eigenvalue weighted by Crippen LogP contribution is -2.31. The average molecular weight is 237 g/mol. The summed E-state index contributed by atoms with van der Waals surface area (Å²) in [6.45, 7) is 1.07. The first-order valence-electron chi connectivity index (χ1n) is 6.23. The first-order chi connectivity index (χ1) is 7.83. The number of fused-ring (bicyclic) bond motifs is 1. The lowest BCUT2D eigenvalue weighted by molar-refractivity contribution is 0.459. The Balaban J connectivity index is 1.75. The molecule has 3 nitrogen and oxygen atoms in total. The van der Waals surface area contributed by atoms with Gasteiger partial charge in [0.15, 0.2) is 0 Å². The minimum Gasteiger partial charge on any atom is -0.332 e. The van der Waals surface area contributed by atoms with Gasteiger partial charge in [0.05, 0.1) is 0 Å². The second kappa shape index (κ2) is 4.41. The van der Waals surface area contributed by atoms with Gasteiger partial charge in [0.2, 0.25) is 0 Å². The highest BCUT2D eigenvalue weighted by Gasteiger charge is 2.22. The number of hydrogen-bond acceptors (Lipinski definition) is 3. The molecule has 0 aromatic carbocycles. The van der Waals surface area contributed by atoms with E-state index in [0.717, 1.165) is 31.1 Å². The Morgan fingerprint density at radius 3 is 3.25 bits per heavy atom. The Hall–Kier alpha value is -0.480. The van der Waals surface area contributed by atoms with Crippen molar-refractivity contribution in [2.24, 2.45) is 5.73 Å². The summed E-state index contributed by atoms with van der Waals surface area (Å²) in [5, 5.41) is 0.807. The maximum atomic E-state index is 5.98. The van der Waals surface area contributed by atoms with Crippen molar-refractivity contribution < 1.29 is 0 Å². The van der Waals surface area contributed by atoms with Gasteiger partial charge in [-0.2, -0.15) is 11.8 Å². The number of nitrogens with zero attached hydrogens (tertiary/aromatic N) is 2. The van der Waals surface area contributed by atoms with Crippen LogP contribution in [0.15, 0.2) is 6.20 Å². The zero-order valence-electron chi connectivity index (χ0n) is 9.56. The summed E-state index contributed by atoms with van der Waals surface area (Å²) in [6, 6.07) is 0.345. The summed E-state index contributed by atoms with van der Waals surface area (Å²) >= 11 is 2.11. The van der Waals surface area contributed by atoms with Crippen LogP contribution in [0.2, 0.25) is 0 Å². The van der Waals surface area contributed by atoms with E-state index in [0.29, 0.717) is 6.04 Å². The van der Waals surface area contributed by atoms with Crippen molar-refractivity contribution in [1.82, 2.24) is 9.55 Å². The molecule has 1 saturated heterocycles. The van der Waals surface area contributed by atoms with Crippen LogP contribution in [0.5, 0.6) is 0 Å². The predicted octanol–water partition coefficient (Wildman–Crippen LogP) is 1.59. The molecule has 1 aromatic rings. The van der Waals surface area contributed by atoms with E-state index in [1.54, 1.807) is 0 Å². The lowest BCUT2D eigenvalue weighted by atomic mass is 10.1. The van der Waals surface area contributed by atoms with Crippen LogP contribution in [-0.2, 0) is 19.4 Å². The number of thioether (sulfide) groups is 1. The fraction of sp³-hybridized carbons (Fsp3) is 0.750. The molecule has 2 aliphatic heterocycles. The topological polar surface area (TPSA) is 43.8 Å². The van der Waals surface area contributed by atoms with E-state index in [2.05, 4.69) is 21.3 Å². The van der Waals surface area contributed by atoms with E-state index >= 15 is 0 Å². The monoisotopic (exact) mass is 237 g/mol. The maximum Gasteiger partial charge on any atom is 0.109 e. The second-order valence-corrected chi connectivity index (χ2v) is 6.32. The van der Waals surface area contributed by atoms with Crippen molar-refractivity contribution in [2.45, 2.75) is 49.9 Å². The van der Waals surface area contributed by atoms with Gasteiger partial charge >= 0.3 is 0 Å². The maximum absolute atomic E-state index is 5.98. The van der Waals surface area contributed by atoms with E-state index in [1.807, 2.05) is 6.20 Å². The Kier molecular flexibility index (Phi) is 2.94. The van der Waals surface area contributed by atoms with Crippen LogP contribution in [0.3, 0.4) is 0 Å². The van der Waals surface area contributed by atoms with Gasteiger partial charge in [-0.15, -0.1) is 0 Å². The van der Waals surface area contributed by atoms with Crippen LogP contribution in [0, 0.1) is 0 Å². The third-order valence-electron chi connectivity index (χ3n) is 3.65. The van der Waals surface area contributed by atoms with Crippen molar-refractivity contribution >= 4 is 11.8 Å². The number of nitrogens with two attached hydrogens (primary N) is 1. The highest BCUT2D eigenvalue weighted by Crippen LogP contribution is 2.29. The Labute approximate surface area is 101 Å². The minimum atomic E-state index is 0.345. The van der Waals surface area contributed by atoms with Crippen molar-refractivity contribution in [3.63, 3.8) is 0 Å². The molecule has 0 amide bonds. The summed E-state index contributed by atoms with van der Waals surface area (Å²) in [5.41, 5.74) is 7.32. The van der Waals surface area contributed by atoms with E-state index in [1.165, 1.54) is 30.1 Å². The van der Waals surface area contributed by atoms with Crippen LogP contribution in [-0.4, -0.2) is 26.6 Å². The summed E-state index contributed by atoms with van der Waals surface area (Å²) in [4.78, 5) is 4.59. The molecule has 1 fully saturated rings. The molecule has 0 spiro atoms. The van der Waals surface area contributed by atoms with E-state index in [9.17, 15) is 0 Å². The molecule has 0 radical (unpaired) electrons. The largest absolute Gasteiger partial charge is 0.332 e. The first-order valence-corrected chi connectivity index (χ1v) is 7.28. The third kappa shape index (κ3) is 2.00. The van der Waals surface area contributed by atoms with Crippen LogP contribution in [0.25, 0.3) is 0 Å². The summed E-state index contributed by atoms with van der Waals surface area (Å²) < 4.78 is 2.41. The van der Waals surface area contributed by atoms with Crippen molar-refractivity contribution in [1.29, 1.82) is 0 Å². The van der Waals surface area contributed by atoms with Gasteiger partial charge in [0.25, 0.3) is 0 Å². The molecule has 3 rings (SSSR count). The van der Waals surface area contributed by atoms with Gasteiger partial charge in [-0.1, -0.05) is 0 Å². The van der Waals surface area contributed by atoms with E-state index < -0.39 is 0 Å².